The van der Waals surface area contributed by atoms with Crippen LogP contribution in [0.4, 0.5) is 8.78 Å². The zero-order valence-electron chi connectivity index (χ0n) is 11.5. The molecular weight excluding hydrogens is 302 g/mol. The molecule has 2 aromatic rings. The Hall–Kier alpha value is -1.69. The highest BCUT2D eigenvalue weighted by Gasteiger charge is 2.18. The highest BCUT2D eigenvalue weighted by Crippen LogP contribution is 2.23. The van der Waals surface area contributed by atoms with Crippen molar-refractivity contribution in [3.05, 3.63) is 29.6 Å². The smallest absolute Gasteiger partial charge is 0.307 e. The molecule has 0 radical (unpaired) electrons. The number of halogens is 3. The summed E-state index contributed by atoms with van der Waals surface area (Å²) in [4.78, 5) is 15.7. The Labute approximate surface area is 125 Å². The maximum Gasteiger partial charge on any atom is 0.307 e. The van der Waals surface area contributed by atoms with Crippen LogP contribution < -0.4 is 0 Å². The number of rotatable bonds is 6. The van der Waals surface area contributed by atoms with E-state index in [-0.39, 0.29) is 25.1 Å². The van der Waals surface area contributed by atoms with Gasteiger partial charge in [-0.2, -0.15) is 0 Å². The summed E-state index contributed by atoms with van der Waals surface area (Å²) in [5.41, 5.74) is 0.400. The lowest BCUT2D eigenvalue weighted by molar-refractivity contribution is -0.143. The third-order valence-corrected chi connectivity index (χ3v) is 3.23. The minimum Gasteiger partial charge on any atom is -0.466 e. The molecule has 0 bridgehead atoms. The second kappa shape index (κ2) is 6.85. The Morgan fingerprint density at radius 2 is 2.19 bits per heavy atom. The number of imidazole rings is 1. The van der Waals surface area contributed by atoms with Crippen molar-refractivity contribution in [2.75, 3.05) is 12.5 Å². The maximum absolute atomic E-state index is 14.0. The molecule has 0 N–H and O–H groups in total. The number of aromatic nitrogens is 2. The van der Waals surface area contributed by atoms with Crippen molar-refractivity contribution in [3.63, 3.8) is 0 Å². The number of ether oxygens (including phenoxy) is 1. The van der Waals surface area contributed by atoms with Gasteiger partial charge in [0.2, 0.25) is 0 Å². The molecule has 0 saturated carbocycles. The number of hydrogen-bond acceptors (Lipinski definition) is 3. The molecule has 0 amide bonds. The number of hydrogen-bond donors (Lipinski definition) is 0. The Bertz CT molecular complexity index is 658. The summed E-state index contributed by atoms with van der Waals surface area (Å²) in [6.45, 7) is 2.15. The molecular formula is C14H15ClF2N2O2. The SMILES string of the molecule is CCOC(=O)CCn1c(CCCl)nc2ccc(F)c(F)c21. The molecule has 21 heavy (non-hydrogen) atoms. The largest absolute Gasteiger partial charge is 0.466 e. The summed E-state index contributed by atoms with van der Waals surface area (Å²) < 4.78 is 33.7. The molecule has 4 nitrogen and oxygen atoms in total. The van der Waals surface area contributed by atoms with Crippen molar-refractivity contribution in [1.29, 1.82) is 0 Å². The number of nitrogens with zero attached hydrogens (tertiary/aromatic N) is 2. The maximum atomic E-state index is 14.0. The minimum atomic E-state index is -0.968. The third-order valence-electron chi connectivity index (χ3n) is 3.04. The van der Waals surface area contributed by atoms with Gasteiger partial charge in [-0.1, -0.05) is 0 Å². The summed E-state index contributed by atoms with van der Waals surface area (Å²) in [7, 11) is 0. The van der Waals surface area contributed by atoms with Crippen molar-refractivity contribution in [1.82, 2.24) is 9.55 Å². The molecule has 2 rings (SSSR count). The summed E-state index contributed by atoms with van der Waals surface area (Å²) in [5.74, 6) is -1.49. The van der Waals surface area contributed by atoms with Crippen molar-refractivity contribution in [3.8, 4) is 0 Å². The predicted octanol–water partition coefficient (Wildman–Crippen LogP) is 3.05. The van der Waals surface area contributed by atoms with Gasteiger partial charge in [0, 0.05) is 18.8 Å². The third kappa shape index (κ3) is 3.32. The molecule has 1 aromatic heterocycles. The van der Waals surface area contributed by atoms with E-state index in [2.05, 4.69) is 4.98 Å². The van der Waals surface area contributed by atoms with Gasteiger partial charge in [-0.3, -0.25) is 4.79 Å². The van der Waals surface area contributed by atoms with Crippen LogP contribution in [0.15, 0.2) is 12.1 Å². The lowest BCUT2D eigenvalue weighted by Crippen LogP contribution is -2.12. The van der Waals surface area contributed by atoms with Gasteiger partial charge < -0.3 is 9.30 Å². The monoisotopic (exact) mass is 316 g/mol. The second-order valence-corrected chi connectivity index (χ2v) is 4.78. The number of carbonyl (C=O) groups is 1. The molecule has 0 fully saturated rings. The van der Waals surface area contributed by atoms with Crippen LogP contribution in [0.3, 0.4) is 0 Å². The van der Waals surface area contributed by atoms with Crippen molar-refractivity contribution in [2.45, 2.75) is 26.3 Å². The first-order valence-electron chi connectivity index (χ1n) is 6.63. The molecule has 7 heteroatoms. The number of esters is 1. The van der Waals surface area contributed by atoms with E-state index in [4.69, 9.17) is 16.3 Å². The van der Waals surface area contributed by atoms with Gasteiger partial charge in [0.1, 0.15) is 11.3 Å². The number of fused-ring (bicyclic) bond motifs is 1. The lowest BCUT2D eigenvalue weighted by Gasteiger charge is -2.09. The molecule has 0 spiro atoms. The molecule has 0 aliphatic carbocycles. The molecule has 0 aliphatic rings. The van der Waals surface area contributed by atoms with Crippen LogP contribution in [-0.4, -0.2) is 28.0 Å². The Morgan fingerprint density at radius 3 is 2.86 bits per heavy atom. The highest BCUT2D eigenvalue weighted by molar-refractivity contribution is 6.17. The summed E-state index contributed by atoms with van der Waals surface area (Å²) in [6, 6.07) is 2.44. The van der Waals surface area contributed by atoms with Crippen molar-refractivity contribution in [2.24, 2.45) is 0 Å². The van der Waals surface area contributed by atoms with Gasteiger partial charge in [-0.05, 0) is 19.1 Å². The van der Waals surface area contributed by atoms with Crippen LogP contribution in [0, 0.1) is 11.6 Å². The van der Waals surface area contributed by atoms with Gasteiger partial charge in [0.05, 0.1) is 18.5 Å². The van der Waals surface area contributed by atoms with Crippen LogP contribution in [0.1, 0.15) is 19.2 Å². The van der Waals surface area contributed by atoms with Crippen LogP contribution >= 0.6 is 11.6 Å². The molecule has 0 atom stereocenters. The van der Waals surface area contributed by atoms with Crippen LogP contribution in [0.25, 0.3) is 11.0 Å². The fourth-order valence-corrected chi connectivity index (χ4v) is 2.33. The summed E-state index contributed by atoms with van der Waals surface area (Å²) in [6.07, 6.45) is 0.463. The van der Waals surface area contributed by atoms with E-state index in [1.165, 1.54) is 10.6 Å². The Balaban J connectivity index is 2.40. The summed E-state index contributed by atoms with van der Waals surface area (Å²) >= 11 is 5.71. The number of alkyl halides is 1. The standard InChI is InChI=1S/C14H15ClF2N2O2/c1-2-21-12(20)6-8-19-11(5-7-15)18-10-4-3-9(16)13(17)14(10)19/h3-4H,2,5-8H2,1H3. The van der Waals surface area contributed by atoms with Gasteiger partial charge in [0.25, 0.3) is 0 Å². The van der Waals surface area contributed by atoms with Crippen LogP contribution in [-0.2, 0) is 22.5 Å². The average Bonchev–Trinajstić information content (AvgIpc) is 2.80. The van der Waals surface area contributed by atoms with E-state index in [9.17, 15) is 13.6 Å². The molecule has 114 valence electrons. The molecule has 1 aromatic carbocycles. The summed E-state index contributed by atoms with van der Waals surface area (Å²) in [5, 5.41) is 0. The zero-order valence-corrected chi connectivity index (χ0v) is 12.3. The average molecular weight is 317 g/mol. The first-order chi connectivity index (χ1) is 10.1. The van der Waals surface area contributed by atoms with Gasteiger partial charge in [-0.25, -0.2) is 13.8 Å². The Kier molecular flexibility index (Phi) is 5.12. The van der Waals surface area contributed by atoms with E-state index in [0.29, 0.717) is 23.6 Å². The predicted molar refractivity (Wildman–Crippen MR) is 75.3 cm³/mol. The fourth-order valence-electron chi connectivity index (χ4n) is 2.16. The van der Waals surface area contributed by atoms with Crippen molar-refractivity contribution >= 4 is 28.6 Å². The van der Waals surface area contributed by atoms with E-state index in [1.807, 2.05) is 0 Å². The molecule has 0 saturated heterocycles. The first-order valence-corrected chi connectivity index (χ1v) is 7.16. The second-order valence-electron chi connectivity index (χ2n) is 4.40. The zero-order chi connectivity index (χ0) is 15.4. The van der Waals surface area contributed by atoms with Crippen molar-refractivity contribution < 1.29 is 18.3 Å². The minimum absolute atomic E-state index is 0.0550. The Morgan fingerprint density at radius 1 is 1.43 bits per heavy atom. The van der Waals surface area contributed by atoms with Gasteiger partial charge in [0.15, 0.2) is 11.6 Å². The van der Waals surface area contributed by atoms with Gasteiger partial charge in [-0.15, -0.1) is 11.6 Å². The van der Waals surface area contributed by atoms with Crippen LogP contribution in [0.2, 0.25) is 0 Å². The van der Waals surface area contributed by atoms with Gasteiger partial charge >= 0.3 is 5.97 Å². The number of aryl methyl sites for hydroxylation is 2. The quantitative estimate of drug-likeness (QED) is 0.608. The van der Waals surface area contributed by atoms with Crippen LogP contribution in [0.5, 0.6) is 0 Å². The molecule has 0 aliphatic heterocycles. The lowest BCUT2D eigenvalue weighted by atomic mass is 10.3. The fraction of sp³-hybridized carbons (Fsp3) is 0.429. The van der Waals surface area contributed by atoms with E-state index in [1.54, 1.807) is 6.92 Å². The topological polar surface area (TPSA) is 44.1 Å². The van der Waals surface area contributed by atoms with E-state index in [0.717, 1.165) is 6.07 Å². The van der Waals surface area contributed by atoms with E-state index >= 15 is 0 Å². The van der Waals surface area contributed by atoms with E-state index < -0.39 is 17.6 Å². The first kappa shape index (κ1) is 15.7. The highest BCUT2D eigenvalue weighted by atomic mass is 35.5. The number of carbonyl (C=O) groups excluding carboxylic acids is 1. The normalized spacial score (nSPS) is 11.0. The molecule has 1 heterocycles. The molecule has 0 unspecified atom stereocenters. The number of benzene rings is 1.